The van der Waals surface area contributed by atoms with Crippen LogP contribution in [-0.4, -0.2) is 65.3 Å². The van der Waals surface area contributed by atoms with Crippen molar-refractivity contribution in [3.05, 3.63) is 39.9 Å². The summed E-state index contributed by atoms with van der Waals surface area (Å²) in [5.41, 5.74) is 0.780. The average molecular weight is 383 g/mol. The van der Waals surface area contributed by atoms with E-state index in [0.717, 1.165) is 24.9 Å². The van der Waals surface area contributed by atoms with Crippen molar-refractivity contribution in [1.82, 2.24) is 15.1 Å². The first kappa shape index (κ1) is 20.1. The number of nitrogens with zero attached hydrogens (tertiary/aromatic N) is 3. The summed E-state index contributed by atoms with van der Waals surface area (Å²) in [4.78, 5) is 38.6. The third kappa shape index (κ3) is 4.70. The van der Waals surface area contributed by atoms with E-state index in [1.165, 1.54) is 12.1 Å². The molecule has 1 aromatic rings. The Morgan fingerprint density at radius 2 is 2.00 bits per heavy atom. The monoisotopic (exact) mass is 382 g/mol. The number of amides is 2. The molecule has 26 heavy (non-hydrogen) atoms. The minimum absolute atomic E-state index is 0. The standard InChI is InChI=1S/C17H22N4O4.ClH/c22-16(10-13-3-5-14(6-4-13)21(24)25)19-8-1-2-15(12-19)20-9-7-18-11-17(20)23;/h3-6,15,18H,1-2,7-12H2;1H. The van der Waals surface area contributed by atoms with Gasteiger partial charge in [0.05, 0.1) is 17.9 Å². The second-order valence-electron chi connectivity index (χ2n) is 6.50. The summed E-state index contributed by atoms with van der Waals surface area (Å²) in [6.07, 6.45) is 2.03. The van der Waals surface area contributed by atoms with Gasteiger partial charge in [-0.1, -0.05) is 12.1 Å². The lowest BCUT2D eigenvalue weighted by molar-refractivity contribution is -0.384. The van der Waals surface area contributed by atoms with E-state index < -0.39 is 4.92 Å². The topological polar surface area (TPSA) is 95.8 Å². The molecule has 0 aromatic heterocycles. The van der Waals surface area contributed by atoms with Crippen molar-refractivity contribution in [1.29, 1.82) is 0 Å². The molecule has 2 fully saturated rings. The Morgan fingerprint density at radius 1 is 1.27 bits per heavy atom. The molecule has 0 saturated carbocycles. The van der Waals surface area contributed by atoms with Gasteiger partial charge in [0.1, 0.15) is 0 Å². The molecule has 1 unspecified atom stereocenters. The zero-order chi connectivity index (χ0) is 17.8. The second kappa shape index (κ2) is 8.95. The van der Waals surface area contributed by atoms with Crippen molar-refractivity contribution < 1.29 is 14.5 Å². The number of halogens is 1. The molecular formula is C17H23ClN4O4. The Morgan fingerprint density at radius 3 is 2.65 bits per heavy atom. The van der Waals surface area contributed by atoms with E-state index in [1.54, 1.807) is 12.1 Å². The molecule has 8 nitrogen and oxygen atoms in total. The van der Waals surface area contributed by atoms with Gasteiger partial charge >= 0.3 is 0 Å². The molecule has 1 aromatic carbocycles. The van der Waals surface area contributed by atoms with Crippen molar-refractivity contribution in [3.63, 3.8) is 0 Å². The zero-order valence-corrected chi connectivity index (χ0v) is 15.2. The number of nitro benzene ring substituents is 1. The van der Waals surface area contributed by atoms with Gasteiger partial charge < -0.3 is 15.1 Å². The minimum Gasteiger partial charge on any atom is -0.340 e. The fourth-order valence-electron chi connectivity index (χ4n) is 3.46. The van der Waals surface area contributed by atoms with Crippen LogP contribution < -0.4 is 5.32 Å². The van der Waals surface area contributed by atoms with Gasteiger partial charge in [-0.25, -0.2) is 0 Å². The van der Waals surface area contributed by atoms with E-state index in [-0.39, 0.29) is 42.4 Å². The number of piperazine rings is 1. The number of hydrogen-bond donors (Lipinski definition) is 1. The highest BCUT2D eigenvalue weighted by atomic mass is 35.5. The maximum absolute atomic E-state index is 12.6. The molecule has 2 amide bonds. The fourth-order valence-corrected chi connectivity index (χ4v) is 3.46. The van der Waals surface area contributed by atoms with Crippen molar-refractivity contribution in [2.24, 2.45) is 0 Å². The first-order valence-corrected chi connectivity index (χ1v) is 8.56. The van der Waals surface area contributed by atoms with Gasteiger partial charge in [-0.2, -0.15) is 0 Å². The van der Waals surface area contributed by atoms with Crippen LogP contribution in [0.2, 0.25) is 0 Å². The van der Waals surface area contributed by atoms with Crippen LogP contribution in [0.25, 0.3) is 0 Å². The number of rotatable bonds is 4. The molecule has 2 aliphatic rings. The lowest BCUT2D eigenvalue weighted by Gasteiger charge is -2.41. The molecule has 3 rings (SSSR count). The van der Waals surface area contributed by atoms with Crippen molar-refractivity contribution in [3.8, 4) is 0 Å². The Bertz CT molecular complexity index is 667. The zero-order valence-electron chi connectivity index (χ0n) is 14.4. The summed E-state index contributed by atoms with van der Waals surface area (Å²) in [5.74, 6) is 0.0991. The predicted octanol–water partition coefficient (Wildman–Crippen LogP) is 0.982. The number of nitro groups is 1. The van der Waals surface area contributed by atoms with Crippen LogP contribution in [-0.2, 0) is 16.0 Å². The van der Waals surface area contributed by atoms with E-state index in [4.69, 9.17) is 0 Å². The molecular weight excluding hydrogens is 360 g/mol. The molecule has 1 atom stereocenters. The number of piperidine rings is 1. The smallest absolute Gasteiger partial charge is 0.269 e. The molecule has 2 aliphatic heterocycles. The first-order chi connectivity index (χ1) is 12.0. The summed E-state index contributed by atoms with van der Waals surface area (Å²) in [6, 6.07) is 6.17. The highest BCUT2D eigenvalue weighted by Crippen LogP contribution is 2.19. The summed E-state index contributed by atoms with van der Waals surface area (Å²) in [6.45, 7) is 3.11. The van der Waals surface area contributed by atoms with E-state index in [1.807, 2.05) is 9.80 Å². The Hall–Kier alpha value is -2.19. The van der Waals surface area contributed by atoms with Crippen molar-refractivity contribution in [2.45, 2.75) is 25.3 Å². The lowest BCUT2D eigenvalue weighted by Crippen LogP contribution is -2.57. The van der Waals surface area contributed by atoms with Crippen LogP contribution in [0.15, 0.2) is 24.3 Å². The van der Waals surface area contributed by atoms with Crippen LogP contribution in [0, 0.1) is 10.1 Å². The van der Waals surface area contributed by atoms with Crippen LogP contribution in [0.1, 0.15) is 18.4 Å². The lowest BCUT2D eigenvalue weighted by atomic mass is 10.0. The molecule has 0 spiro atoms. The Kier molecular flexibility index (Phi) is 6.93. The summed E-state index contributed by atoms with van der Waals surface area (Å²) in [7, 11) is 0. The number of carbonyl (C=O) groups excluding carboxylic acids is 2. The molecule has 0 aliphatic carbocycles. The second-order valence-corrected chi connectivity index (χ2v) is 6.50. The van der Waals surface area contributed by atoms with Crippen LogP contribution in [0.4, 0.5) is 5.69 Å². The van der Waals surface area contributed by atoms with Gasteiger partial charge in [-0.3, -0.25) is 19.7 Å². The molecule has 142 valence electrons. The van der Waals surface area contributed by atoms with E-state index in [9.17, 15) is 19.7 Å². The number of hydrogen-bond acceptors (Lipinski definition) is 5. The number of nitrogens with one attached hydrogen (secondary N) is 1. The van der Waals surface area contributed by atoms with Crippen LogP contribution in [0.5, 0.6) is 0 Å². The fraction of sp³-hybridized carbons (Fsp3) is 0.529. The summed E-state index contributed by atoms with van der Waals surface area (Å²) < 4.78 is 0. The van der Waals surface area contributed by atoms with Crippen LogP contribution >= 0.6 is 12.4 Å². The highest BCUT2D eigenvalue weighted by Gasteiger charge is 2.31. The predicted molar refractivity (Wildman–Crippen MR) is 98.2 cm³/mol. The molecule has 0 bridgehead atoms. The number of benzene rings is 1. The summed E-state index contributed by atoms with van der Waals surface area (Å²) in [5, 5.41) is 13.8. The van der Waals surface area contributed by atoms with Gasteiger partial charge in [0.25, 0.3) is 5.69 Å². The molecule has 2 heterocycles. The largest absolute Gasteiger partial charge is 0.340 e. The maximum Gasteiger partial charge on any atom is 0.269 e. The molecule has 1 N–H and O–H groups in total. The van der Waals surface area contributed by atoms with Gasteiger partial charge in [0.15, 0.2) is 0 Å². The third-order valence-electron chi connectivity index (χ3n) is 4.82. The number of carbonyl (C=O) groups is 2. The Balaban J connectivity index is 0.00000243. The van der Waals surface area contributed by atoms with Gasteiger partial charge in [-0.05, 0) is 18.4 Å². The Labute approximate surface area is 158 Å². The number of likely N-dealkylation sites (tertiary alicyclic amines) is 1. The molecule has 2 saturated heterocycles. The van der Waals surface area contributed by atoms with Gasteiger partial charge in [-0.15, -0.1) is 12.4 Å². The maximum atomic E-state index is 12.6. The van der Waals surface area contributed by atoms with Gasteiger partial charge in [0.2, 0.25) is 11.8 Å². The van der Waals surface area contributed by atoms with Crippen molar-refractivity contribution in [2.75, 3.05) is 32.7 Å². The first-order valence-electron chi connectivity index (χ1n) is 8.56. The normalized spacial score (nSPS) is 20.5. The summed E-state index contributed by atoms with van der Waals surface area (Å²) >= 11 is 0. The minimum atomic E-state index is -0.453. The van der Waals surface area contributed by atoms with Gasteiger partial charge in [0, 0.05) is 44.4 Å². The average Bonchev–Trinajstić information content (AvgIpc) is 2.62. The van der Waals surface area contributed by atoms with Crippen LogP contribution in [0.3, 0.4) is 0 Å². The van der Waals surface area contributed by atoms with E-state index in [0.29, 0.717) is 26.2 Å². The third-order valence-corrected chi connectivity index (χ3v) is 4.82. The quantitative estimate of drug-likeness (QED) is 0.618. The SMILES string of the molecule is Cl.O=C(Cc1ccc([N+](=O)[O-])cc1)N1CCCC(N2CCNCC2=O)C1. The molecule has 9 heteroatoms. The highest BCUT2D eigenvalue weighted by molar-refractivity contribution is 5.85. The molecule has 0 radical (unpaired) electrons. The number of non-ortho nitro benzene ring substituents is 1. The van der Waals surface area contributed by atoms with E-state index in [2.05, 4.69) is 5.32 Å². The van der Waals surface area contributed by atoms with E-state index >= 15 is 0 Å². The van der Waals surface area contributed by atoms with Crippen molar-refractivity contribution >= 4 is 29.9 Å².